The highest BCUT2D eigenvalue weighted by Crippen LogP contribution is 2.17. The van der Waals surface area contributed by atoms with Crippen molar-refractivity contribution in [3.63, 3.8) is 0 Å². The van der Waals surface area contributed by atoms with E-state index in [9.17, 15) is 0 Å². The van der Waals surface area contributed by atoms with Crippen LogP contribution in [0.25, 0.3) is 0 Å². The van der Waals surface area contributed by atoms with Crippen molar-refractivity contribution < 1.29 is 0 Å². The molecule has 0 spiro atoms. The summed E-state index contributed by atoms with van der Waals surface area (Å²) in [4.78, 5) is 18.2. The van der Waals surface area contributed by atoms with Gasteiger partial charge >= 0.3 is 0 Å². The summed E-state index contributed by atoms with van der Waals surface area (Å²) >= 11 is 0. The predicted molar refractivity (Wildman–Crippen MR) is 117 cm³/mol. The summed E-state index contributed by atoms with van der Waals surface area (Å²) in [6.07, 6.45) is 6.93. The molecule has 0 amide bonds. The van der Waals surface area contributed by atoms with E-state index in [0.717, 1.165) is 56.9 Å². The number of rotatable bonds is 6. The molecule has 0 atom stereocenters. The quantitative estimate of drug-likeness (QED) is 0.697. The molecule has 29 heavy (non-hydrogen) atoms. The second kappa shape index (κ2) is 9.47. The van der Waals surface area contributed by atoms with Crippen LogP contribution in [0.5, 0.6) is 0 Å². The minimum absolute atomic E-state index is 0.674. The first kappa shape index (κ1) is 19.3. The molecular weight excluding hydrogens is 360 g/mol. The van der Waals surface area contributed by atoms with Crippen LogP contribution < -0.4 is 10.2 Å². The molecule has 6 heteroatoms. The van der Waals surface area contributed by atoms with Gasteiger partial charge in [0, 0.05) is 74.8 Å². The molecule has 2 aromatic heterocycles. The number of nitrogens with one attached hydrogen (secondary N) is 1. The smallest absolute Gasteiger partial charge is 0.222 e. The van der Waals surface area contributed by atoms with Crippen molar-refractivity contribution in [3.05, 3.63) is 77.9 Å². The van der Waals surface area contributed by atoms with E-state index in [1.165, 1.54) is 11.3 Å². The van der Waals surface area contributed by atoms with Crippen LogP contribution in [-0.2, 0) is 13.1 Å². The number of aromatic nitrogens is 3. The Morgan fingerprint density at radius 2 is 1.72 bits per heavy atom. The Balaban J connectivity index is 1.29. The van der Waals surface area contributed by atoms with Crippen LogP contribution in [0.4, 0.5) is 11.6 Å². The van der Waals surface area contributed by atoms with Crippen LogP contribution in [0.3, 0.4) is 0 Å². The Bertz CT molecular complexity index is 897. The normalized spacial score (nSPS) is 15.1. The van der Waals surface area contributed by atoms with Gasteiger partial charge in [-0.15, -0.1) is 0 Å². The summed E-state index contributed by atoms with van der Waals surface area (Å²) in [6, 6.07) is 14.6. The Labute approximate surface area is 172 Å². The van der Waals surface area contributed by atoms with E-state index in [-0.39, 0.29) is 0 Å². The number of anilines is 2. The lowest BCUT2D eigenvalue weighted by molar-refractivity contribution is 0.285. The van der Waals surface area contributed by atoms with Crippen LogP contribution in [0, 0.1) is 6.92 Å². The molecular formula is C23H28N6. The fourth-order valence-electron chi connectivity index (χ4n) is 3.68. The zero-order valence-electron chi connectivity index (χ0n) is 17.0. The molecule has 3 aromatic rings. The van der Waals surface area contributed by atoms with Crippen molar-refractivity contribution in [2.75, 3.05) is 36.4 Å². The summed E-state index contributed by atoms with van der Waals surface area (Å²) in [5, 5.41) is 3.28. The molecule has 1 saturated heterocycles. The van der Waals surface area contributed by atoms with Gasteiger partial charge in [0.05, 0.1) is 0 Å². The van der Waals surface area contributed by atoms with Crippen molar-refractivity contribution in [2.24, 2.45) is 0 Å². The monoisotopic (exact) mass is 388 g/mol. The second-order valence-electron chi connectivity index (χ2n) is 7.53. The third-order valence-corrected chi connectivity index (χ3v) is 5.24. The highest BCUT2D eigenvalue weighted by atomic mass is 15.2. The van der Waals surface area contributed by atoms with Crippen molar-refractivity contribution in [1.82, 2.24) is 19.9 Å². The van der Waals surface area contributed by atoms with Gasteiger partial charge in [-0.3, -0.25) is 9.88 Å². The molecule has 3 heterocycles. The summed E-state index contributed by atoms with van der Waals surface area (Å²) < 4.78 is 0. The first-order valence-electron chi connectivity index (χ1n) is 10.2. The topological polar surface area (TPSA) is 57.2 Å². The van der Waals surface area contributed by atoms with Crippen LogP contribution in [0.15, 0.2) is 61.1 Å². The van der Waals surface area contributed by atoms with E-state index in [1.54, 1.807) is 0 Å². The molecule has 1 N–H and O–H groups in total. The molecule has 6 nitrogen and oxygen atoms in total. The Hall–Kier alpha value is -2.99. The first-order chi connectivity index (χ1) is 14.3. The van der Waals surface area contributed by atoms with Crippen LogP contribution >= 0.6 is 0 Å². The lowest BCUT2D eigenvalue weighted by atomic mass is 10.2. The third kappa shape index (κ3) is 5.51. The molecule has 0 aliphatic carbocycles. The molecule has 0 saturated carbocycles. The highest BCUT2D eigenvalue weighted by Gasteiger charge is 2.16. The van der Waals surface area contributed by atoms with Crippen LogP contribution in [0.1, 0.15) is 23.2 Å². The number of pyridine rings is 1. The molecule has 4 rings (SSSR count). The van der Waals surface area contributed by atoms with Gasteiger partial charge in [-0.25, -0.2) is 9.97 Å². The number of benzene rings is 1. The van der Waals surface area contributed by atoms with Gasteiger partial charge in [0.25, 0.3) is 0 Å². The average molecular weight is 389 g/mol. The van der Waals surface area contributed by atoms with Gasteiger partial charge in [-0.1, -0.05) is 30.3 Å². The number of hydrogen-bond donors (Lipinski definition) is 1. The fourth-order valence-corrected chi connectivity index (χ4v) is 3.68. The van der Waals surface area contributed by atoms with Gasteiger partial charge in [0.2, 0.25) is 5.95 Å². The number of aryl methyl sites for hydroxylation is 1. The first-order valence-corrected chi connectivity index (χ1v) is 10.2. The van der Waals surface area contributed by atoms with Gasteiger partial charge in [0.15, 0.2) is 0 Å². The Morgan fingerprint density at radius 1 is 0.897 bits per heavy atom. The molecule has 1 aliphatic rings. The Kier molecular flexibility index (Phi) is 6.32. The standard InChI is InChI=1S/C23H28N6/c1-19-14-22(8-9-24-19)29-11-5-10-28(12-13-29)18-21-16-26-23(27-17-21)25-15-20-6-3-2-4-7-20/h2-4,6-9,14,16-17H,5,10-13,15,18H2,1H3,(H,25,26,27). The maximum atomic E-state index is 4.49. The summed E-state index contributed by atoms with van der Waals surface area (Å²) in [5.74, 6) is 0.674. The van der Waals surface area contributed by atoms with Gasteiger partial charge in [0.1, 0.15) is 0 Å². The third-order valence-electron chi connectivity index (χ3n) is 5.24. The maximum Gasteiger partial charge on any atom is 0.222 e. The zero-order chi connectivity index (χ0) is 19.9. The number of nitrogens with zero attached hydrogens (tertiary/aromatic N) is 5. The Morgan fingerprint density at radius 3 is 2.52 bits per heavy atom. The fraction of sp³-hybridized carbons (Fsp3) is 0.348. The highest BCUT2D eigenvalue weighted by molar-refractivity contribution is 5.46. The second-order valence-corrected chi connectivity index (χ2v) is 7.53. The predicted octanol–water partition coefficient (Wildman–Crippen LogP) is 3.50. The minimum Gasteiger partial charge on any atom is -0.370 e. The van der Waals surface area contributed by atoms with Gasteiger partial charge in [-0.2, -0.15) is 0 Å². The zero-order valence-corrected chi connectivity index (χ0v) is 17.0. The van der Waals surface area contributed by atoms with Crippen LogP contribution in [0.2, 0.25) is 0 Å². The SMILES string of the molecule is Cc1cc(N2CCCN(Cc3cnc(NCc4ccccc4)nc3)CC2)ccn1. The molecule has 150 valence electrons. The summed E-state index contributed by atoms with van der Waals surface area (Å²) in [7, 11) is 0. The summed E-state index contributed by atoms with van der Waals surface area (Å²) in [5.41, 5.74) is 4.72. The molecule has 0 bridgehead atoms. The van der Waals surface area contributed by atoms with Crippen molar-refractivity contribution in [1.29, 1.82) is 0 Å². The lowest BCUT2D eigenvalue weighted by Gasteiger charge is -2.23. The molecule has 1 aromatic carbocycles. The van der Waals surface area contributed by atoms with Gasteiger partial charge < -0.3 is 10.2 Å². The van der Waals surface area contributed by atoms with Crippen molar-refractivity contribution in [3.8, 4) is 0 Å². The van der Waals surface area contributed by atoms with E-state index >= 15 is 0 Å². The summed E-state index contributed by atoms with van der Waals surface area (Å²) in [6.45, 7) is 7.91. The maximum absolute atomic E-state index is 4.49. The molecule has 0 radical (unpaired) electrons. The van der Waals surface area contributed by atoms with Gasteiger partial charge in [-0.05, 0) is 31.0 Å². The number of hydrogen-bond acceptors (Lipinski definition) is 6. The lowest BCUT2D eigenvalue weighted by Crippen LogP contribution is -2.30. The molecule has 1 fully saturated rings. The van der Waals surface area contributed by atoms with E-state index in [0.29, 0.717) is 5.95 Å². The van der Waals surface area contributed by atoms with Crippen molar-refractivity contribution >= 4 is 11.6 Å². The van der Waals surface area contributed by atoms with E-state index < -0.39 is 0 Å². The molecule has 1 aliphatic heterocycles. The minimum atomic E-state index is 0.674. The van der Waals surface area contributed by atoms with Crippen molar-refractivity contribution in [2.45, 2.75) is 26.4 Å². The van der Waals surface area contributed by atoms with E-state index in [1.807, 2.05) is 43.7 Å². The van der Waals surface area contributed by atoms with E-state index in [2.05, 4.69) is 54.3 Å². The average Bonchev–Trinajstić information content (AvgIpc) is 3.00. The molecule has 0 unspecified atom stereocenters. The largest absolute Gasteiger partial charge is 0.370 e. The van der Waals surface area contributed by atoms with Crippen LogP contribution in [-0.4, -0.2) is 46.0 Å². The van der Waals surface area contributed by atoms with E-state index in [4.69, 9.17) is 0 Å².